The third-order valence-corrected chi connectivity index (χ3v) is 7.21. The number of aryl methyl sites for hydroxylation is 3. The predicted octanol–water partition coefficient (Wildman–Crippen LogP) is 4.21. The van der Waals surface area contributed by atoms with Gasteiger partial charge in [0.05, 0.1) is 4.90 Å². The van der Waals surface area contributed by atoms with E-state index in [1.54, 1.807) is 50.2 Å². The summed E-state index contributed by atoms with van der Waals surface area (Å²) in [5, 5.41) is 0.725. The Morgan fingerprint density at radius 1 is 0.971 bits per heavy atom. The number of carbonyl (C=O) groups excluding carboxylic acids is 1. The van der Waals surface area contributed by atoms with Gasteiger partial charge in [-0.2, -0.15) is 4.72 Å². The number of nitrogens with one attached hydrogen (secondary N) is 1. The quantitative estimate of drug-likeness (QED) is 0.236. The summed E-state index contributed by atoms with van der Waals surface area (Å²) in [5.41, 5.74) is 2.70. The van der Waals surface area contributed by atoms with Crippen LogP contribution in [0.4, 0.5) is 0 Å². The predicted molar refractivity (Wildman–Crippen MR) is 133 cm³/mol. The zero-order chi connectivity index (χ0) is 25.2. The molecule has 0 fully saturated rings. The van der Waals surface area contributed by atoms with Crippen molar-refractivity contribution in [2.45, 2.75) is 38.1 Å². The summed E-state index contributed by atoms with van der Waals surface area (Å²) < 4.78 is 39.6. The summed E-state index contributed by atoms with van der Waals surface area (Å²) in [6.45, 7) is 5.32. The summed E-state index contributed by atoms with van der Waals surface area (Å²) in [6.07, 6.45) is 0.0889. The van der Waals surface area contributed by atoms with E-state index in [-0.39, 0.29) is 17.1 Å². The summed E-state index contributed by atoms with van der Waals surface area (Å²) in [4.78, 5) is 25.2. The average molecular weight is 492 g/mol. The first-order chi connectivity index (χ1) is 16.6. The highest BCUT2D eigenvalue weighted by Crippen LogP contribution is 2.28. The molecule has 35 heavy (non-hydrogen) atoms. The van der Waals surface area contributed by atoms with Crippen LogP contribution in [-0.4, -0.2) is 20.4 Å². The second-order valence-electron chi connectivity index (χ2n) is 8.41. The Morgan fingerprint density at radius 2 is 1.66 bits per heavy atom. The van der Waals surface area contributed by atoms with E-state index in [1.807, 2.05) is 25.1 Å². The molecule has 1 N–H and O–H groups in total. The molecule has 0 saturated heterocycles. The summed E-state index contributed by atoms with van der Waals surface area (Å²) in [6, 6.07) is 18.9. The van der Waals surface area contributed by atoms with E-state index in [0.29, 0.717) is 11.1 Å². The minimum atomic E-state index is -4.00. The lowest BCUT2D eigenvalue weighted by molar-refractivity contribution is -0.136. The van der Waals surface area contributed by atoms with E-state index in [2.05, 4.69) is 4.72 Å². The standard InChI is InChI=1S/C27H25NO6S/c1-17-9-11-21(12-10-17)35(31,32)28-23(16-20-7-5-4-6-8-20)27(30)33-24-14-13-22-18(2)15-25(29)34-26(22)19(24)3/h4-15,23,28H,16H2,1-3H3/t23-/m1/s1. The molecule has 4 aromatic rings. The van der Waals surface area contributed by atoms with Gasteiger partial charge in [0, 0.05) is 17.0 Å². The Kier molecular flexibility index (Phi) is 6.86. The number of benzene rings is 3. The molecule has 0 radical (unpaired) electrons. The fourth-order valence-corrected chi connectivity index (χ4v) is 4.97. The molecule has 3 aromatic carbocycles. The summed E-state index contributed by atoms with van der Waals surface area (Å²) >= 11 is 0. The first-order valence-corrected chi connectivity index (χ1v) is 12.5. The molecule has 0 spiro atoms. The number of fused-ring (bicyclic) bond motifs is 1. The zero-order valence-corrected chi connectivity index (χ0v) is 20.4. The van der Waals surface area contributed by atoms with Gasteiger partial charge in [0.2, 0.25) is 10.0 Å². The second kappa shape index (κ2) is 9.85. The molecule has 0 bridgehead atoms. The highest BCUT2D eigenvalue weighted by atomic mass is 32.2. The fourth-order valence-electron chi connectivity index (χ4n) is 3.79. The van der Waals surface area contributed by atoms with Crippen molar-refractivity contribution in [1.82, 2.24) is 4.72 Å². The normalized spacial score (nSPS) is 12.4. The molecule has 0 aliphatic carbocycles. The van der Waals surface area contributed by atoms with E-state index in [4.69, 9.17) is 9.15 Å². The minimum Gasteiger partial charge on any atom is -0.425 e. The first kappa shape index (κ1) is 24.4. The Hall–Kier alpha value is -3.75. The molecule has 0 aliphatic heterocycles. The SMILES string of the molecule is Cc1ccc(S(=O)(=O)N[C@H](Cc2ccccc2)C(=O)Oc2ccc3c(C)cc(=O)oc3c2C)cc1. The van der Waals surface area contributed by atoms with Crippen LogP contribution < -0.4 is 15.1 Å². The van der Waals surface area contributed by atoms with E-state index in [9.17, 15) is 18.0 Å². The third kappa shape index (κ3) is 5.50. The van der Waals surface area contributed by atoms with Crippen LogP contribution in [-0.2, 0) is 21.2 Å². The molecule has 0 amide bonds. The van der Waals surface area contributed by atoms with Crippen LogP contribution in [0.25, 0.3) is 11.0 Å². The second-order valence-corrected chi connectivity index (χ2v) is 10.1. The lowest BCUT2D eigenvalue weighted by Gasteiger charge is -2.19. The van der Waals surface area contributed by atoms with Crippen molar-refractivity contribution in [3.05, 3.63) is 105 Å². The van der Waals surface area contributed by atoms with E-state index < -0.39 is 27.7 Å². The van der Waals surface area contributed by atoms with Crippen molar-refractivity contribution in [2.75, 3.05) is 0 Å². The molecule has 1 heterocycles. The van der Waals surface area contributed by atoms with Crippen LogP contribution in [0.3, 0.4) is 0 Å². The van der Waals surface area contributed by atoms with Crippen molar-refractivity contribution < 1.29 is 22.4 Å². The van der Waals surface area contributed by atoms with Gasteiger partial charge in [-0.25, -0.2) is 18.0 Å². The van der Waals surface area contributed by atoms with Crippen LogP contribution in [0.2, 0.25) is 0 Å². The largest absolute Gasteiger partial charge is 0.425 e. The van der Waals surface area contributed by atoms with Gasteiger partial charge in [0.15, 0.2) is 0 Å². The van der Waals surface area contributed by atoms with Crippen LogP contribution in [0.1, 0.15) is 22.3 Å². The molecule has 180 valence electrons. The molecule has 8 heteroatoms. The van der Waals surface area contributed by atoms with Crippen molar-refractivity contribution in [3.8, 4) is 5.75 Å². The lowest BCUT2D eigenvalue weighted by atomic mass is 10.1. The molecule has 4 rings (SSSR count). The molecule has 0 unspecified atom stereocenters. The number of rotatable bonds is 7. The van der Waals surface area contributed by atoms with E-state index in [0.717, 1.165) is 22.1 Å². The number of hydrogen-bond donors (Lipinski definition) is 1. The Labute approximate surface area is 203 Å². The maximum atomic E-state index is 13.3. The lowest BCUT2D eigenvalue weighted by Crippen LogP contribution is -2.44. The maximum Gasteiger partial charge on any atom is 0.336 e. The highest BCUT2D eigenvalue weighted by Gasteiger charge is 2.28. The molecular weight excluding hydrogens is 466 g/mol. The number of sulfonamides is 1. The number of esters is 1. The summed E-state index contributed by atoms with van der Waals surface area (Å²) in [5.74, 6) is -0.592. The van der Waals surface area contributed by atoms with Gasteiger partial charge < -0.3 is 9.15 Å². The van der Waals surface area contributed by atoms with E-state index in [1.165, 1.54) is 18.2 Å². The van der Waals surface area contributed by atoms with Gasteiger partial charge >= 0.3 is 11.6 Å². The van der Waals surface area contributed by atoms with Gasteiger partial charge in [0.1, 0.15) is 17.4 Å². The van der Waals surface area contributed by atoms with Crippen molar-refractivity contribution in [2.24, 2.45) is 0 Å². The fraction of sp³-hybridized carbons (Fsp3) is 0.185. The molecule has 0 saturated carbocycles. The number of ether oxygens (including phenoxy) is 1. The van der Waals surface area contributed by atoms with Gasteiger partial charge in [-0.05, 0) is 62.6 Å². The molecule has 1 aromatic heterocycles. The van der Waals surface area contributed by atoms with Gasteiger partial charge in [-0.3, -0.25) is 0 Å². The number of carbonyl (C=O) groups is 1. The van der Waals surface area contributed by atoms with Crippen molar-refractivity contribution >= 4 is 27.0 Å². The van der Waals surface area contributed by atoms with Crippen molar-refractivity contribution in [3.63, 3.8) is 0 Å². The minimum absolute atomic E-state index is 0.0492. The van der Waals surface area contributed by atoms with Gasteiger partial charge in [-0.1, -0.05) is 48.0 Å². The Bertz CT molecular complexity index is 1540. The van der Waals surface area contributed by atoms with Crippen LogP contribution in [0, 0.1) is 20.8 Å². The Balaban J connectivity index is 1.67. The molecular formula is C27H25NO6S. The maximum absolute atomic E-state index is 13.3. The van der Waals surface area contributed by atoms with Crippen LogP contribution in [0.15, 0.2) is 86.9 Å². The third-order valence-electron chi connectivity index (χ3n) is 5.72. The average Bonchev–Trinajstić information content (AvgIpc) is 2.81. The highest BCUT2D eigenvalue weighted by molar-refractivity contribution is 7.89. The topological polar surface area (TPSA) is 103 Å². The van der Waals surface area contributed by atoms with Gasteiger partial charge in [0.25, 0.3) is 0 Å². The molecule has 7 nitrogen and oxygen atoms in total. The monoisotopic (exact) mass is 491 g/mol. The van der Waals surface area contributed by atoms with Crippen molar-refractivity contribution in [1.29, 1.82) is 0 Å². The molecule has 1 atom stereocenters. The van der Waals surface area contributed by atoms with Crippen LogP contribution in [0.5, 0.6) is 5.75 Å². The summed E-state index contributed by atoms with van der Waals surface area (Å²) in [7, 11) is -4.00. The van der Waals surface area contributed by atoms with Gasteiger partial charge in [-0.15, -0.1) is 0 Å². The molecule has 0 aliphatic rings. The zero-order valence-electron chi connectivity index (χ0n) is 19.6. The smallest absolute Gasteiger partial charge is 0.336 e. The number of hydrogen-bond acceptors (Lipinski definition) is 6. The van der Waals surface area contributed by atoms with Crippen LogP contribution >= 0.6 is 0 Å². The van der Waals surface area contributed by atoms with E-state index >= 15 is 0 Å². The first-order valence-electron chi connectivity index (χ1n) is 11.0. The Morgan fingerprint density at radius 3 is 2.34 bits per heavy atom.